The van der Waals surface area contributed by atoms with Gasteiger partial charge in [0, 0.05) is 30.7 Å². The number of hydrogen-bond acceptors (Lipinski definition) is 4. The maximum absolute atomic E-state index is 14.7. The Kier molecular flexibility index (Phi) is 6.72. The largest absolute Gasteiger partial charge is 0.609 e. The van der Waals surface area contributed by atoms with Crippen molar-refractivity contribution in [1.82, 2.24) is 4.90 Å². The second-order valence-corrected chi connectivity index (χ2v) is 10.0. The predicted molar refractivity (Wildman–Crippen MR) is 118 cm³/mol. The standard InChI is InChI=1S/C24H28FNO4S/c1-16(2)11-24(27)26-9-7-17(8-10-26)14-29-21-5-3-18(12-20(21)25)19-4-6-23-22(13-19)30-15-31(23)28/h3-6,12-13,16-17H,7-11,14-15H2,1-2H3. The van der Waals surface area contributed by atoms with Gasteiger partial charge in [-0.05, 0) is 66.1 Å². The zero-order chi connectivity index (χ0) is 22.0. The normalized spacial score (nSPS) is 18.7. The first-order valence-electron chi connectivity index (χ1n) is 10.8. The maximum Gasteiger partial charge on any atom is 0.250 e. The van der Waals surface area contributed by atoms with E-state index in [1.54, 1.807) is 18.2 Å². The van der Waals surface area contributed by atoms with E-state index >= 15 is 0 Å². The fraction of sp³-hybridized carbons (Fsp3) is 0.458. The Morgan fingerprint density at radius 2 is 1.94 bits per heavy atom. The third-order valence-corrected chi connectivity index (χ3v) is 6.96. The minimum Gasteiger partial charge on any atom is -0.609 e. The Morgan fingerprint density at radius 3 is 2.65 bits per heavy atom. The van der Waals surface area contributed by atoms with Gasteiger partial charge in [0.1, 0.15) is 0 Å². The molecule has 0 N–H and O–H groups in total. The van der Waals surface area contributed by atoms with E-state index in [2.05, 4.69) is 13.8 Å². The van der Waals surface area contributed by atoms with Crippen LogP contribution >= 0.6 is 0 Å². The molecule has 0 saturated carbocycles. The first-order chi connectivity index (χ1) is 14.9. The van der Waals surface area contributed by atoms with Gasteiger partial charge >= 0.3 is 0 Å². The van der Waals surface area contributed by atoms with Gasteiger partial charge < -0.3 is 18.9 Å². The first-order valence-corrected chi connectivity index (χ1v) is 12.1. The number of hydrogen-bond donors (Lipinski definition) is 0. The van der Waals surface area contributed by atoms with Crippen LogP contribution in [0.5, 0.6) is 11.5 Å². The van der Waals surface area contributed by atoms with Crippen LogP contribution in [0.25, 0.3) is 11.1 Å². The summed E-state index contributed by atoms with van der Waals surface area (Å²) in [5.74, 6) is 1.50. The van der Waals surface area contributed by atoms with Gasteiger partial charge in [0.05, 0.1) is 6.61 Å². The zero-order valence-electron chi connectivity index (χ0n) is 17.9. The number of amides is 1. The molecule has 2 aliphatic heterocycles. The molecule has 0 bridgehead atoms. The van der Waals surface area contributed by atoms with Crippen molar-refractivity contribution in [2.75, 3.05) is 25.6 Å². The monoisotopic (exact) mass is 445 g/mol. The highest BCUT2D eigenvalue weighted by molar-refractivity contribution is 7.91. The number of ether oxygens (including phenoxy) is 2. The lowest BCUT2D eigenvalue weighted by Gasteiger charge is -2.32. The van der Waals surface area contributed by atoms with Gasteiger partial charge in [-0.3, -0.25) is 4.79 Å². The van der Waals surface area contributed by atoms with E-state index in [1.165, 1.54) is 6.07 Å². The van der Waals surface area contributed by atoms with Crippen molar-refractivity contribution in [3.05, 3.63) is 42.2 Å². The summed E-state index contributed by atoms with van der Waals surface area (Å²) in [6.07, 6.45) is 2.34. The van der Waals surface area contributed by atoms with Gasteiger partial charge in [-0.2, -0.15) is 0 Å². The lowest BCUT2D eigenvalue weighted by molar-refractivity contribution is -0.133. The smallest absolute Gasteiger partial charge is 0.250 e. The number of piperidine rings is 1. The van der Waals surface area contributed by atoms with Crippen LogP contribution in [-0.4, -0.2) is 41.0 Å². The average Bonchev–Trinajstić information content (AvgIpc) is 3.13. The van der Waals surface area contributed by atoms with Crippen LogP contribution in [-0.2, 0) is 16.0 Å². The Labute approximate surface area is 185 Å². The summed E-state index contributed by atoms with van der Waals surface area (Å²) in [4.78, 5) is 14.8. The molecule has 7 heteroatoms. The highest BCUT2D eigenvalue weighted by atomic mass is 32.2. The summed E-state index contributed by atoms with van der Waals surface area (Å²) in [6.45, 7) is 6.04. The summed E-state index contributed by atoms with van der Waals surface area (Å²) in [7, 11) is 0. The van der Waals surface area contributed by atoms with E-state index in [1.807, 2.05) is 17.0 Å². The van der Waals surface area contributed by atoms with Gasteiger partial charge in [-0.25, -0.2) is 4.39 Å². The van der Waals surface area contributed by atoms with Gasteiger partial charge in [0.2, 0.25) is 5.91 Å². The molecule has 0 spiro atoms. The number of carbonyl (C=O) groups excluding carboxylic acids is 1. The van der Waals surface area contributed by atoms with Crippen LogP contribution < -0.4 is 9.47 Å². The van der Waals surface area contributed by atoms with E-state index in [-0.39, 0.29) is 17.6 Å². The highest BCUT2D eigenvalue weighted by Crippen LogP contribution is 2.36. The van der Waals surface area contributed by atoms with Crippen molar-refractivity contribution in [2.24, 2.45) is 11.8 Å². The van der Waals surface area contributed by atoms with Gasteiger partial charge in [0.25, 0.3) is 5.94 Å². The third-order valence-electron chi connectivity index (χ3n) is 5.80. The molecule has 4 rings (SSSR count). The van der Waals surface area contributed by atoms with Crippen LogP contribution in [0.1, 0.15) is 33.1 Å². The molecular formula is C24H28FNO4S. The summed E-state index contributed by atoms with van der Waals surface area (Å²) < 4.78 is 37.7. The number of halogens is 1. The summed E-state index contributed by atoms with van der Waals surface area (Å²) >= 11 is -1.12. The molecule has 0 aliphatic carbocycles. The number of benzene rings is 2. The Hall–Kier alpha value is -2.25. The minimum absolute atomic E-state index is 0.171. The Balaban J connectivity index is 1.32. The number of fused-ring (bicyclic) bond motifs is 1. The van der Waals surface area contributed by atoms with Gasteiger partial charge in [-0.1, -0.05) is 19.9 Å². The second-order valence-electron chi connectivity index (χ2n) is 8.65. The Bertz CT molecular complexity index is 943. The lowest BCUT2D eigenvalue weighted by Crippen LogP contribution is -2.40. The third kappa shape index (κ3) is 5.15. The molecule has 0 aromatic heterocycles. The van der Waals surface area contributed by atoms with E-state index in [0.717, 1.165) is 31.5 Å². The maximum atomic E-state index is 14.7. The van der Waals surface area contributed by atoms with Crippen LogP contribution in [0, 0.1) is 17.7 Å². The molecule has 2 heterocycles. The number of rotatable bonds is 6. The van der Waals surface area contributed by atoms with Crippen LogP contribution in [0.15, 0.2) is 41.3 Å². The average molecular weight is 446 g/mol. The van der Waals surface area contributed by atoms with Crippen LogP contribution in [0.3, 0.4) is 0 Å². The topological polar surface area (TPSA) is 61.8 Å². The molecule has 0 radical (unpaired) electrons. The second kappa shape index (κ2) is 9.49. The molecule has 1 amide bonds. The summed E-state index contributed by atoms with van der Waals surface area (Å²) in [6, 6.07) is 10.3. The molecule has 1 unspecified atom stereocenters. The van der Waals surface area contributed by atoms with E-state index in [4.69, 9.17) is 9.47 Å². The van der Waals surface area contributed by atoms with E-state index in [9.17, 15) is 13.7 Å². The summed E-state index contributed by atoms with van der Waals surface area (Å²) in [5.41, 5.74) is 1.52. The van der Waals surface area contributed by atoms with Crippen LogP contribution in [0.4, 0.5) is 4.39 Å². The molecule has 5 nitrogen and oxygen atoms in total. The predicted octanol–water partition coefficient (Wildman–Crippen LogP) is 4.61. The van der Waals surface area contributed by atoms with Crippen molar-refractivity contribution in [2.45, 2.75) is 38.0 Å². The zero-order valence-corrected chi connectivity index (χ0v) is 18.8. The quantitative estimate of drug-likeness (QED) is 0.609. The number of nitrogens with zero attached hydrogens (tertiary/aromatic N) is 1. The molecule has 166 valence electrons. The van der Waals surface area contributed by atoms with E-state index in [0.29, 0.717) is 41.1 Å². The minimum atomic E-state index is -1.12. The van der Waals surface area contributed by atoms with Crippen LogP contribution in [0.2, 0.25) is 0 Å². The van der Waals surface area contributed by atoms with Crippen molar-refractivity contribution >= 4 is 17.1 Å². The van der Waals surface area contributed by atoms with Crippen molar-refractivity contribution < 1.29 is 23.2 Å². The van der Waals surface area contributed by atoms with Gasteiger partial charge in [0.15, 0.2) is 22.2 Å². The van der Waals surface area contributed by atoms with Gasteiger partial charge in [-0.15, -0.1) is 0 Å². The molecule has 2 aromatic carbocycles. The lowest BCUT2D eigenvalue weighted by atomic mass is 9.97. The fourth-order valence-corrected chi connectivity index (χ4v) is 4.92. The summed E-state index contributed by atoms with van der Waals surface area (Å²) in [5, 5.41) is 0. The first kappa shape index (κ1) is 22.0. The molecule has 2 aliphatic rings. The molecule has 1 saturated heterocycles. The molecular weight excluding hydrogens is 417 g/mol. The molecule has 2 aromatic rings. The fourth-order valence-electron chi connectivity index (χ4n) is 4.00. The van der Waals surface area contributed by atoms with Crippen molar-refractivity contribution in [3.8, 4) is 22.6 Å². The van der Waals surface area contributed by atoms with Crippen molar-refractivity contribution in [1.29, 1.82) is 0 Å². The Morgan fingerprint density at radius 1 is 1.23 bits per heavy atom. The number of likely N-dealkylation sites (tertiary alicyclic amines) is 1. The SMILES string of the molecule is CC(C)CC(=O)N1CCC(COc2ccc(-c3ccc4c(c3)OC[S+]4[O-])cc2F)CC1. The molecule has 31 heavy (non-hydrogen) atoms. The van der Waals surface area contributed by atoms with E-state index < -0.39 is 17.0 Å². The molecule has 1 fully saturated rings. The van der Waals surface area contributed by atoms with Crippen molar-refractivity contribution in [3.63, 3.8) is 0 Å². The number of carbonyl (C=O) groups is 1. The highest BCUT2D eigenvalue weighted by Gasteiger charge is 2.27. The molecule has 1 atom stereocenters.